The Bertz CT molecular complexity index is 277. The van der Waals surface area contributed by atoms with Crippen LogP contribution < -0.4 is 0 Å². The van der Waals surface area contributed by atoms with Crippen LogP contribution in [-0.4, -0.2) is 22.8 Å². The molecule has 0 atom stereocenters. The molecule has 2 nitrogen and oxygen atoms in total. The molecule has 0 saturated heterocycles. The van der Waals surface area contributed by atoms with Crippen molar-refractivity contribution in [2.24, 2.45) is 11.0 Å². The Balaban J connectivity index is 2.47. The maximum absolute atomic E-state index is 5.29. The van der Waals surface area contributed by atoms with Gasteiger partial charge >= 0.3 is 0 Å². The molecular weight excluding hydrogens is 192 g/mol. The Morgan fingerprint density at radius 3 is 2.50 bits per heavy atom. The molecule has 1 fully saturated rings. The van der Waals surface area contributed by atoms with Gasteiger partial charge in [0.1, 0.15) is 4.99 Å². The number of thiocarbonyl (C=S) groups is 1. The van der Waals surface area contributed by atoms with Crippen LogP contribution in [0.5, 0.6) is 0 Å². The number of allylic oxidation sites excluding steroid dienone is 1. The highest BCUT2D eigenvalue weighted by Gasteiger charge is 2.28. The molecule has 1 rings (SSSR count). The lowest BCUT2D eigenvalue weighted by molar-refractivity contribution is 0.536. The van der Waals surface area contributed by atoms with Crippen molar-refractivity contribution in [1.82, 2.24) is 5.01 Å². The van der Waals surface area contributed by atoms with Crippen LogP contribution in [0.3, 0.4) is 0 Å². The minimum atomic E-state index is 0.608. The summed E-state index contributed by atoms with van der Waals surface area (Å²) in [6.45, 7) is 7.89. The quantitative estimate of drug-likeness (QED) is 0.307. The lowest BCUT2D eigenvalue weighted by Crippen LogP contribution is -2.22. The van der Waals surface area contributed by atoms with E-state index in [2.05, 4.69) is 11.7 Å². The highest BCUT2D eigenvalue weighted by Crippen LogP contribution is 2.31. The van der Waals surface area contributed by atoms with E-state index in [-0.39, 0.29) is 0 Å². The Labute approximate surface area is 91.7 Å². The van der Waals surface area contributed by atoms with E-state index in [0.717, 1.165) is 22.7 Å². The summed E-state index contributed by atoms with van der Waals surface area (Å²) in [4.78, 5) is 0.978. The molecule has 0 N–H and O–H groups in total. The van der Waals surface area contributed by atoms with Crippen LogP contribution in [-0.2, 0) is 0 Å². The van der Waals surface area contributed by atoms with E-state index in [1.165, 1.54) is 12.8 Å². The van der Waals surface area contributed by atoms with Crippen molar-refractivity contribution >= 4 is 22.9 Å². The molecule has 0 aromatic carbocycles. The number of hydrogen-bond donors (Lipinski definition) is 0. The summed E-state index contributed by atoms with van der Waals surface area (Å²) in [6, 6.07) is 0. The van der Waals surface area contributed by atoms with Crippen molar-refractivity contribution in [2.45, 2.75) is 33.1 Å². The van der Waals surface area contributed by atoms with Gasteiger partial charge in [0.05, 0.1) is 0 Å². The second-order valence-corrected chi connectivity index (χ2v) is 4.52. The van der Waals surface area contributed by atoms with E-state index < -0.39 is 0 Å². The van der Waals surface area contributed by atoms with Gasteiger partial charge in [-0.05, 0) is 26.7 Å². The molecule has 1 aliphatic rings. The molecule has 0 radical (unpaired) electrons. The van der Waals surface area contributed by atoms with Crippen molar-refractivity contribution < 1.29 is 0 Å². The second-order valence-electron chi connectivity index (χ2n) is 4.11. The zero-order chi connectivity index (χ0) is 10.7. The summed E-state index contributed by atoms with van der Waals surface area (Å²) in [6.07, 6.45) is 3.33. The van der Waals surface area contributed by atoms with Crippen molar-refractivity contribution in [2.75, 3.05) is 7.05 Å². The molecule has 0 bridgehead atoms. The van der Waals surface area contributed by atoms with Gasteiger partial charge in [0, 0.05) is 25.1 Å². The van der Waals surface area contributed by atoms with Gasteiger partial charge in [0.25, 0.3) is 0 Å². The van der Waals surface area contributed by atoms with E-state index in [1.807, 2.05) is 25.9 Å². The zero-order valence-corrected chi connectivity index (χ0v) is 10.0. The third-order valence-corrected chi connectivity index (χ3v) is 2.72. The maximum atomic E-state index is 5.29. The number of hydrogen-bond acceptors (Lipinski definition) is 2. The fourth-order valence-electron chi connectivity index (χ4n) is 1.37. The summed E-state index contributed by atoms with van der Waals surface area (Å²) in [5.74, 6) is 0.608. The summed E-state index contributed by atoms with van der Waals surface area (Å²) < 4.78 is 0. The van der Waals surface area contributed by atoms with Crippen LogP contribution in [0.4, 0.5) is 0 Å². The van der Waals surface area contributed by atoms with Gasteiger partial charge in [-0.25, -0.2) is 0 Å². The molecular formula is C11H18N2S. The standard InChI is InChI=1S/C11H18N2S/c1-8(2)7-9(3)12-13(4)11(14)10-5-6-10/h10H,1,5-7H2,2-4H3/b12-9+. The predicted octanol–water partition coefficient (Wildman–Crippen LogP) is 3.00. The van der Waals surface area contributed by atoms with Gasteiger partial charge < -0.3 is 0 Å². The van der Waals surface area contributed by atoms with Crippen LogP contribution in [0.1, 0.15) is 33.1 Å². The molecule has 3 heteroatoms. The average molecular weight is 210 g/mol. The van der Waals surface area contributed by atoms with E-state index >= 15 is 0 Å². The molecule has 0 heterocycles. The van der Waals surface area contributed by atoms with Crippen molar-refractivity contribution in [3.8, 4) is 0 Å². The molecule has 0 spiro atoms. The SMILES string of the molecule is C=C(C)C/C(C)=N/N(C)C(=S)C1CC1. The highest BCUT2D eigenvalue weighted by molar-refractivity contribution is 7.80. The van der Waals surface area contributed by atoms with E-state index in [1.54, 1.807) is 0 Å². The second kappa shape index (κ2) is 4.69. The monoisotopic (exact) mass is 210 g/mol. The highest BCUT2D eigenvalue weighted by atomic mass is 32.1. The van der Waals surface area contributed by atoms with E-state index in [4.69, 9.17) is 12.2 Å². The molecule has 0 aliphatic heterocycles. The topological polar surface area (TPSA) is 15.6 Å². The van der Waals surface area contributed by atoms with Gasteiger partial charge in [0.15, 0.2) is 0 Å². The molecule has 0 unspecified atom stereocenters. The van der Waals surface area contributed by atoms with Crippen molar-refractivity contribution in [3.63, 3.8) is 0 Å². The van der Waals surface area contributed by atoms with Crippen molar-refractivity contribution in [1.29, 1.82) is 0 Å². The van der Waals surface area contributed by atoms with Crippen LogP contribution in [0, 0.1) is 5.92 Å². The molecule has 78 valence electrons. The lowest BCUT2D eigenvalue weighted by Gasteiger charge is -2.14. The molecule has 0 amide bonds. The summed E-state index contributed by atoms with van der Waals surface area (Å²) in [5, 5.41) is 6.26. The molecule has 1 aliphatic carbocycles. The van der Waals surface area contributed by atoms with Crippen LogP contribution in [0.25, 0.3) is 0 Å². The predicted molar refractivity (Wildman–Crippen MR) is 65.6 cm³/mol. The summed E-state index contributed by atoms with van der Waals surface area (Å²) >= 11 is 5.29. The molecule has 14 heavy (non-hydrogen) atoms. The Morgan fingerprint density at radius 2 is 2.07 bits per heavy atom. The Morgan fingerprint density at radius 1 is 1.50 bits per heavy atom. The first-order valence-electron chi connectivity index (χ1n) is 4.96. The van der Waals surface area contributed by atoms with Gasteiger partial charge in [-0.3, -0.25) is 5.01 Å². The number of nitrogens with zero attached hydrogens (tertiary/aromatic N) is 2. The van der Waals surface area contributed by atoms with E-state index in [0.29, 0.717) is 5.92 Å². The maximum Gasteiger partial charge on any atom is 0.102 e. The van der Waals surface area contributed by atoms with Gasteiger partial charge in [-0.2, -0.15) is 5.10 Å². The minimum Gasteiger partial charge on any atom is -0.262 e. The molecule has 0 aromatic rings. The van der Waals surface area contributed by atoms with Crippen LogP contribution in [0.2, 0.25) is 0 Å². The fraction of sp³-hybridized carbons (Fsp3) is 0.636. The summed E-state index contributed by atoms with van der Waals surface area (Å²) in [5.41, 5.74) is 2.21. The molecule has 1 saturated carbocycles. The Hall–Kier alpha value is -0.700. The largest absolute Gasteiger partial charge is 0.262 e. The first-order valence-corrected chi connectivity index (χ1v) is 5.37. The summed E-state index contributed by atoms with van der Waals surface area (Å²) in [7, 11) is 1.93. The normalized spacial score (nSPS) is 16.6. The fourth-order valence-corrected chi connectivity index (χ4v) is 1.65. The third-order valence-electron chi connectivity index (χ3n) is 2.12. The first-order chi connectivity index (χ1) is 6.50. The molecule has 0 aromatic heterocycles. The lowest BCUT2D eigenvalue weighted by atomic mass is 10.2. The number of rotatable bonds is 4. The Kier molecular flexibility index (Phi) is 3.81. The van der Waals surface area contributed by atoms with Crippen LogP contribution >= 0.6 is 12.2 Å². The third kappa shape index (κ3) is 3.58. The number of hydrazone groups is 1. The average Bonchev–Trinajstić information content (AvgIpc) is 2.83. The first kappa shape index (κ1) is 11.4. The van der Waals surface area contributed by atoms with Crippen LogP contribution in [0.15, 0.2) is 17.3 Å². The van der Waals surface area contributed by atoms with Gasteiger partial charge in [-0.1, -0.05) is 24.4 Å². The van der Waals surface area contributed by atoms with Gasteiger partial charge in [0.2, 0.25) is 0 Å². The van der Waals surface area contributed by atoms with E-state index in [9.17, 15) is 0 Å². The zero-order valence-electron chi connectivity index (χ0n) is 9.21. The smallest absolute Gasteiger partial charge is 0.102 e. The van der Waals surface area contributed by atoms with Gasteiger partial charge in [-0.15, -0.1) is 0 Å². The minimum absolute atomic E-state index is 0.608. The van der Waals surface area contributed by atoms with Crippen molar-refractivity contribution in [3.05, 3.63) is 12.2 Å².